The molecule has 0 bridgehead atoms. The Bertz CT molecular complexity index is 981. The van der Waals surface area contributed by atoms with E-state index in [4.69, 9.17) is 17.0 Å². The zero-order valence-electron chi connectivity index (χ0n) is 18.0. The molecule has 32 heavy (non-hydrogen) atoms. The molecule has 1 aliphatic rings. The Morgan fingerprint density at radius 3 is 2.41 bits per heavy atom. The monoisotopic (exact) mass is 454 g/mol. The highest BCUT2D eigenvalue weighted by molar-refractivity contribution is 7.80. The van der Waals surface area contributed by atoms with E-state index in [1.54, 1.807) is 24.3 Å². The average Bonchev–Trinajstić information content (AvgIpc) is 2.98. The van der Waals surface area contributed by atoms with E-state index < -0.39 is 6.04 Å². The lowest BCUT2D eigenvalue weighted by molar-refractivity contribution is -0.132. The highest BCUT2D eigenvalue weighted by atomic mass is 32.1. The molecule has 1 unspecified atom stereocenters. The van der Waals surface area contributed by atoms with Crippen molar-refractivity contribution in [2.24, 2.45) is 0 Å². The van der Waals surface area contributed by atoms with E-state index in [2.05, 4.69) is 10.7 Å². The van der Waals surface area contributed by atoms with Crippen LogP contribution in [0.15, 0.2) is 54.6 Å². The molecule has 0 spiro atoms. The number of hydrogen-bond donors (Lipinski definition) is 2. The fourth-order valence-electron chi connectivity index (χ4n) is 3.28. The number of nitrogens with one attached hydrogen (secondary N) is 2. The molecule has 1 saturated heterocycles. The molecule has 9 heteroatoms. The zero-order valence-corrected chi connectivity index (χ0v) is 18.9. The van der Waals surface area contributed by atoms with Crippen molar-refractivity contribution in [1.29, 1.82) is 0 Å². The summed E-state index contributed by atoms with van der Waals surface area (Å²) in [5, 5.41) is 4.23. The maximum Gasteiger partial charge on any atom is 0.254 e. The van der Waals surface area contributed by atoms with Crippen LogP contribution in [0.25, 0.3) is 0 Å². The first-order valence-electron chi connectivity index (χ1n) is 10.4. The number of rotatable bonds is 9. The minimum atomic E-state index is -0.928. The number of carbonyl (C=O) groups is 3. The Morgan fingerprint density at radius 2 is 1.78 bits per heavy atom. The van der Waals surface area contributed by atoms with Gasteiger partial charge in [0.15, 0.2) is 5.11 Å². The molecule has 1 heterocycles. The molecule has 0 radical (unpaired) electrons. The molecule has 8 nitrogen and oxygen atoms in total. The van der Waals surface area contributed by atoms with E-state index in [9.17, 15) is 14.4 Å². The van der Waals surface area contributed by atoms with Crippen LogP contribution in [0.3, 0.4) is 0 Å². The van der Waals surface area contributed by atoms with Crippen molar-refractivity contribution in [3.8, 4) is 5.75 Å². The van der Waals surface area contributed by atoms with Crippen LogP contribution < -0.4 is 15.5 Å². The number of anilines is 1. The van der Waals surface area contributed by atoms with E-state index in [1.807, 2.05) is 37.3 Å². The van der Waals surface area contributed by atoms with E-state index in [-0.39, 0.29) is 35.8 Å². The molecule has 0 aromatic heterocycles. The van der Waals surface area contributed by atoms with E-state index in [1.165, 1.54) is 16.8 Å². The Hall–Kier alpha value is -3.46. The molecular formula is C23H26N4O4S. The Balaban J connectivity index is 1.69. The summed E-state index contributed by atoms with van der Waals surface area (Å²) in [6.07, 6.45) is 0.737. The molecule has 3 rings (SSSR count). The number of amides is 3. The minimum absolute atomic E-state index is 0.157. The Labute approximate surface area is 192 Å². The summed E-state index contributed by atoms with van der Waals surface area (Å²) in [7, 11) is 0. The predicted molar refractivity (Wildman–Crippen MR) is 125 cm³/mol. The number of ether oxygens (including phenoxy) is 1. The van der Waals surface area contributed by atoms with E-state index in [0.29, 0.717) is 12.3 Å². The molecule has 0 aliphatic carbocycles. The van der Waals surface area contributed by atoms with Crippen LogP contribution in [0.1, 0.15) is 32.3 Å². The molecule has 2 aromatic rings. The zero-order chi connectivity index (χ0) is 23.1. The van der Waals surface area contributed by atoms with Gasteiger partial charge in [-0.3, -0.25) is 24.7 Å². The number of benzene rings is 2. The van der Waals surface area contributed by atoms with Gasteiger partial charge in [-0.1, -0.05) is 37.3 Å². The topological polar surface area (TPSA) is 91.0 Å². The number of hydrogen-bond acceptors (Lipinski definition) is 5. The van der Waals surface area contributed by atoms with Gasteiger partial charge in [-0.2, -0.15) is 0 Å². The first-order valence-corrected chi connectivity index (χ1v) is 10.8. The van der Waals surface area contributed by atoms with Crippen LogP contribution in [-0.2, 0) is 20.9 Å². The molecule has 2 aromatic carbocycles. The van der Waals surface area contributed by atoms with Crippen LogP contribution in [0.4, 0.5) is 5.69 Å². The molecule has 2 N–H and O–H groups in total. The molecule has 1 atom stereocenters. The normalized spacial score (nSPS) is 15.6. The van der Waals surface area contributed by atoms with Gasteiger partial charge in [-0.15, -0.1) is 0 Å². The van der Waals surface area contributed by atoms with Crippen LogP contribution in [0.2, 0.25) is 0 Å². The first kappa shape index (κ1) is 23.2. The fraction of sp³-hybridized carbons (Fsp3) is 0.304. The number of thiocarbonyl (C=S) groups is 1. The van der Waals surface area contributed by atoms with Crippen molar-refractivity contribution in [2.45, 2.75) is 39.3 Å². The van der Waals surface area contributed by atoms with Crippen LogP contribution >= 0.6 is 12.2 Å². The second kappa shape index (κ2) is 10.7. The predicted octanol–water partition coefficient (Wildman–Crippen LogP) is 2.85. The Kier molecular flexibility index (Phi) is 7.77. The summed E-state index contributed by atoms with van der Waals surface area (Å²) < 4.78 is 5.54. The highest BCUT2D eigenvalue weighted by Crippen LogP contribution is 2.22. The smallest absolute Gasteiger partial charge is 0.254 e. The van der Waals surface area contributed by atoms with E-state index in [0.717, 1.165) is 17.7 Å². The molecule has 0 saturated carbocycles. The molecule has 168 valence electrons. The van der Waals surface area contributed by atoms with Gasteiger partial charge in [-0.25, -0.2) is 5.01 Å². The minimum Gasteiger partial charge on any atom is -0.494 e. The van der Waals surface area contributed by atoms with Gasteiger partial charge in [0.1, 0.15) is 11.8 Å². The van der Waals surface area contributed by atoms with Crippen molar-refractivity contribution in [3.05, 3.63) is 60.2 Å². The van der Waals surface area contributed by atoms with Gasteiger partial charge in [0.25, 0.3) is 5.91 Å². The van der Waals surface area contributed by atoms with Crippen molar-refractivity contribution in [1.82, 2.24) is 15.3 Å². The summed E-state index contributed by atoms with van der Waals surface area (Å²) in [6.45, 7) is 4.22. The van der Waals surface area contributed by atoms with Crippen LogP contribution in [0, 0.1) is 0 Å². The fourth-order valence-corrected chi connectivity index (χ4v) is 3.60. The van der Waals surface area contributed by atoms with Crippen molar-refractivity contribution >= 4 is 40.7 Å². The summed E-state index contributed by atoms with van der Waals surface area (Å²) in [6, 6.07) is 15.5. The first-order chi connectivity index (χ1) is 15.4. The lowest BCUT2D eigenvalue weighted by atomic mass is 10.1. The third kappa shape index (κ3) is 5.82. The van der Waals surface area contributed by atoms with Gasteiger partial charge in [-0.05, 0) is 48.5 Å². The second-order valence-electron chi connectivity index (χ2n) is 7.37. The quantitative estimate of drug-likeness (QED) is 0.567. The van der Waals surface area contributed by atoms with Crippen LogP contribution in [-0.4, -0.2) is 45.4 Å². The summed E-state index contributed by atoms with van der Waals surface area (Å²) in [5.41, 5.74) is 4.05. The third-order valence-electron chi connectivity index (χ3n) is 4.75. The van der Waals surface area contributed by atoms with Gasteiger partial charge in [0.05, 0.1) is 19.6 Å². The molecule has 3 amide bonds. The van der Waals surface area contributed by atoms with Crippen molar-refractivity contribution in [2.75, 3.05) is 11.9 Å². The number of nitrogens with zero attached hydrogens (tertiary/aromatic N) is 2. The molecule has 1 aliphatic heterocycles. The Morgan fingerprint density at radius 1 is 1.09 bits per heavy atom. The lowest BCUT2D eigenvalue weighted by Crippen LogP contribution is -2.49. The standard InChI is InChI=1S/C23H26N4O4S/c1-3-13-31-19-11-9-18(10-12-19)24-21(29)14-20-22(30)26(15-17-7-5-4-6-8-17)23(32)27(20)25-16(2)28/h4-12,20H,3,13-15H2,1-2H3,(H,24,29)(H,25,28). The summed E-state index contributed by atoms with van der Waals surface area (Å²) >= 11 is 5.44. The SMILES string of the molecule is CCCOc1ccc(NC(=O)CC2C(=O)N(Cc3ccccc3)C(=S)N2NC(C)=O)cc1. The number of carbonyl (C=O) groups excluding carboxylic acids is 3. The maximum atomic E-state index is 13.1. The average molecular weight is 455 g/mol. The van der Waals surface area contributed by atoms with Gasteiger partial charge < -0.3 is 10.1 Å². The van der Waals surface area contributed by atoms with Crippen molar-refractivity contribution in [3.63, 3.8) is 0 Å². The maximum absolute atomic E-state index is 13.1. The van der Waals surface area contributed by atoms with Gasteiger partial charge >= 0.3 is 0 Å². The van der Waals surface area contributed by atoms with E-state index >= 15 is 0 Å². The summed E-state index contributed by atoms with van der Waals surface area (Å²) in [4.78, 5) is 38.9. The second-order valence-corrected chi connectivity index (χ2v) is 7.74. The van der Waals surface area contributed by atoms with Crippen LogP contribution in [0.5, 0.6) is 5.75 Å². The largest absolute Gasteiger partial charge is 0.494 e. The number of hydrazine groups is 1. The summed E-state index contributed by atoms with van der Waals surface area (Å²) in [5.74, 6) is -0.374. The highest BCUT2D eigenvalue weighted by Gasteiger charge is 2.44. The molecule has 1 fully saturated rings. The molecular weight excluding hydrogens is 428 g/mol. The third-order valence-corrected chi connectivity index (χ3v) is 5.17. The van der Waals surface area contributed by atoms with Crippen molar-refractivity contribution < 1.29 is 19.1 Å². The lowest BCUT2D eigenvalue weighted by Gasteiger charge is -2.23. The van der Waals surface area contributed by atoms with Gasteiger partial charge in [0.2, 0.25) is 11.8 Å². The van der Waals surface area contributed by atoms with Gasteiger partial charge in [0, 0.05) is 12.6 Å².